The molecule has 2 atom stereocenters. The number of fused-ring (bicyclic) bond motifs is 1. The van der Waals surface area contributed by atoms with Crippen molar-refractivity contribution in [3.63, 3.8) is 0 Å². The first-order valence-electron chi connectivity index (χ1n) is 6.95. The number of hydrogen-bond acceptors (Lipinski definition) is 3. The maximum Gasteiger partial charge on any atom is 0.151 e. The van der Waals surface area contributed by atoms with Gasteiger partial charge in [0.05, 0.1) is 5.25 Å². The third-order valence-corrected chi connectivity index (χ3v) is 6.12. The lowest BCUT2D eigenvalue weighted by atomic mass is 9.97. The van der Waals surface area contributed by atoms with Crippen molar-refractivity contribution in [3.8, 4) is 0 Å². The zero-order valence-electron chi connectivity index (χ0n) is 12.4. The molecule has 5 heteroatoms. The number of hydrogen-bond donors (Lipinski definition) is 1. The summed E-state index contributed by atoms with van der Waals surface area (Å²) >= 11 is 3.56. The normalized spacial score (nSPS) is 15.0. The molecule has 1 N–H and O–H groups in total. The quantitative estimate of drug-likeness (QED) is 0.873. The van der Waals surface area contributed by atoms with E-state index in [2.05, 4.69) is 21.2 Å². The van der Waals surface area contributed by atoms with E-state index < -0.39 is 15.1 Å². The van der Waals surface area contributed by atoms with Crippen molar-refractivity contribution in [2.45, 2.75) is 25.1 Å². The van der Waals surface area contributed by atoms with Gasteiger partial charge in [0, 0.05) is 16.8 Å². The summed E-state index contributed by atoms with van der Waals surface area (Å²) in [6, 6.07) is 11.8. The van der Waals surface area contributed by atoms with E-state index in [-0.39, 0.29) is 6.04 Å². The summed E-state index contributed by atoms with van der Waals surface area (Å²) in [5.41, 5.74) is 1.02. The molecule has 0 fully saturated rings. The average Bonchev–Trinajstić information content (AvgIpc) is 2.44. The maximum absolute atomic E-state index is 12.0. The molecule has 0 saturated carbocycles. The summed E-state index contributed by atoms with van der Waals surface area (Å²) in [6.07, 6.45) is 1.29. The van der Waals surface area contributed by atoms with Crippen LogP contribution < -0.4 is 5.32 Å². The Morgan fingerprint density at radius 1 is 1.14 bits per heavy atom. The first-order valence-corrected chi connectivity index (χ1v) is 9.70. The summed E-state index contributed by atoms with van der Waals surface area (Å²) in [6.45, 7) is 4.47. The topological polar surface area (TPSA) is 46.2 Å². The van der Waals surface area contributed by atoms with Gasteiger partial charge >= 0.3 is 0 Å². The standard InChI is InChI=1S/C16H20BrNO2S/c1-4-18-16(11(2)21(3,19)20)14-9-10-15(17)13-8-6-5-7-12(13)14/h5-11,16,18H,4H2,1-3H3. The number of benzene rings is 2. The van der Waals surface area contributed by atoms with Gasteiger partial charge < -0.3 is 5.32 Å². The van der Waals surface area contributed by atoms with Crippen molar-refractivity contribution in [1.29, 1.82) is 0 Å². The number of rotatable bonds is 5. The molecule has 0 aliphatic heterocycles. The minimum absolute atomic E-state index is 0.219. The fourth-order valence-corrected chi connectivity index (χ4v) is 3.77. The molecule has 114 valence electrons. The van der Waals surface area contributed by atoms with E-state index in [9.17, 15) is 8.42 Å². The molecule has 0 amide bonds. The van der Waals surface area contributed by atoms with E-state index in [4.69, 9.17) is 0 Å². The molecule has 0 heterocycles. The van der Waals surface area contributed by atoms with Crippen molar-refractivity contribution in [2.75, 3.05) is 12.8 Å². The van der Waals surface area contributed by atoms with E-state index in [0.29, 0.717) is 0 Å². The lowest BCUT2D eigenvalue weighted by molar-refractivity contribution is 0.515. The molecular formula is C16H20BrNO2S. The molecule has 3 nitrogen and oxygen atoms in total. The van der Waals surface area contributed by atoms with Gasteiger partial charge in [0.2, 0.25) is 0 Å². The highest BCUT2D eigenvalue weighted by Gasteiger charge is 2.28. The van der Waals surface area contributed by atoms with Crippen LogP contribution in [-0.2, 0) is 9.84 Å². The maximum atomic E-state index is 12.0. The van der Waals surface area contributed by atoms with Crippen LogP contribution in [0.3, 0.4) is 0 Å². The number of nitrogens with one attached hydrogen (secondary N) is 1. The van der Waals surface area contributed by atoms with Crippen LogP contribution in [0, 0.1) is 0 Å². The predicted molar refractivity (Wildman–Crippen MR) is 92.4 cm³/mol. The second-order valence-electron chi connectivity index (χ2n) is 5.25. The summed E-state index contributed by atoms with van der Waals surface area (Å²) in [4.78, 5) is 0. The van der Waals surface area contributed by atoms with Gasteiger partial charge in [-0.05, 0) is 35.9 Å². The van der Waals surface area contributed by atoms with Crippen LogP contribution in [-0.4, -0.2) is 26.5 Å². The van der Waals surface area contributed by atoms with Crippen LogP contribution in [0.5, 0.6) is 0 Å². The Morgan fingerprint density at radius 2 is 1.76 bits per heavy atom. The van der Waals surface area contributed by atoms with Gasteiger partial charge in [-0.2, -0.15) is 0 Å². The largest absolute Gasteiger partial charge is 0.309 e. The van der Waals surface area contributed by atoms with Crippen LogP contribution in [0.15, 0.2) is 40.9 Å². The molecule has 0 aromatic heterocycles. The molecule has 0 spiro atoms. The summed E-state index contributed by atoms with van der Waals surface area (Å²) in [5.74, 6) is 0. The van der Waals surface area contributed by atoms with Crippen molar-refractivity contribution in [1.82, 2.24) is 5.32 Å². The predicted octanol–water partition coefficient (Wildman–Crippen LogP) is 3.69. The summed E-state index contributed by atoms with van der Waals surface area (Å²) < 4.78 is 25.0. The fraction of sp³-hybridized carbons (Fsp3) is 0.375. The van der Waals surface area contributed by atoms with E-state index in [1.165, 1.54) is 6.26 Å². The van der Waals surface area contributed by atoms with Crippen LogP contribution in [0.1, 0.15) is 25.5 Å². The van der Waals surface area contributed by atoms with Gasteiger partial charge in [-0.25, -0.2) is 8.42 Å². The molecule has 0 bridgehead atoms. The van der Waals surface area contributed by atoms with Gasteiger partial charge in [-0.3, -0.25) is 0 Å². The summed E-state index contributed by atoms with van der Waals surface area (Å²) in [7, 11) is -3.13. The second kappa shape index (κ2) is 6.46. The lowest BCUT2D eigenvalue weighted by Crippen LogP contribution is -2.35. The minimum atomic E-state index is -3.13. The molecule has 2 rings (SSSR count). The van der Waals surface area contributed by atoms with Crippen LogP contribution in [0.2, 0.25) is 0 Å². The average molecular weight is 370 g/mol. The highest BCUT2D eigenvalue weighted by molar-refractivity contribution is 9.10. The van der Waals surface area contributed by atoms with Gasteiger partial charge in [-0.1, -0.05) is 53.2 Å². The van der Waals surface area contributed by atoms with Crippen LogP contribution in [0.4, 0.5) is 0 Å². The Kier molecular flexibility index (Phi) is 5.07. The fourth-order valence-electron chi connectivity index (χ4n) is 2.55. The molecule has 0 aliphatic rings. The van der Waals surface area contributed by atoms with Crippen molar-refractivity contribution in [2.24, 2.45) is 0 Å². The van der Waals surface area contributed by atoms with E-state index >= 15 is 0 Å². The Morgan fingerprint density at radius 3 is 2.33 bits per heavy atom. The molecule has 0 aliphatic carbocycles. The third-order valence-electron chi connectivity index (χ3n) is 3.81. The Hall–Kier alpha value is -0.910. The van der Waals surface area contributed by atoms with Gasteiger partial charge in [0.15, 0.2) is 9.84 Å². The van der Waals surface area contributed by atoms with Crippen LogP contribution >= 0.6 is 15.9 Å². The van der Waals surface area contributed by atoms with Crippen molar-refractivity contribution < 1.29 is 8.42 Å². The van der Waals surface area contributed by atoms with Gasteiger partial charge in [0.1, 0.15) is 0 Å². The third kappa shape index (κ3) is 3.47. The Bertz CT molecular complexity index is 743. The first-order chi connectivity index (χ1) is 9.86. The molecule has 2 aromatic rings. The molecule has 0 saturated heterocycles. The van der Waals surface area contributed by atoms with Gasteiger partial charge in [-0.15, -0.1) is 0 Å². The SMILES string of the molecule is CCNC(c1ccc(Br)c2ccccc12)C(C)S(C)(=O)=O. The molecule has 2 aromatic carbocycles. The molecule has 21 heavy (non-hydrogen) atoms. The van der Waals surface area contributed by atoms with E-state index in [1.54, 1.807) is 6.92 Å². The van der Waals surface area contributed by atoms with Crippen LogP contribution in [0.25, 0.3) is 10.8 Å². The van der Waals surface area contributed by atoms with Crippen molar-refractivity contribution >= 4 is 36.5 Å². The zero-order valence-corrected chi connectivity index (χ0v) is 14.8. The highest BCUT2D eigenvalue weighted by atomic mass is 79.9. The molecule has 2 unspecified atom stereocenters. The molecule has 0 radical (unpaired) electrons. The van der Waals surface area contributed by atoms with Crippen molar-refractivity contribution in [3.05, 3.63) is 46.4 Å². The first kappa shape index (κ1) is 16.5. The minimum Gasteiger partial charge on any atom is -0.309 e. The highest BCUT2D eigenvalue weighted by Crippen LogP contribution is 2.32. The lowest BCUT2D eigenvalue weighted by Gasteiger charge is -2.25. The molecular weight excluding hydrogens is 350 g/mol. The zero-order chi connectivity index (χ0) is 15.6. The summed E-state index contributed by atoms with van der Waals surface area (Å²) in [5, 5.41) is 5.01. The Balaban J connectivity index is 2.64. The van der Waals surface area contributed by atoms with E-state index in [1.807, 2.05) is 43.3 Å². The number of sulfone groups is 1. The van der Waals surface area contributed by atoms with E-state index in [0.717, 1.165) is 27.4 Å². The monoisotopic (exact) mass is 369 g/mol. The smallest absolute Gasteiger partial charge is 0.151 e. The Labute approximate surface area is 134 Å². The van der Waals surface area contributed by atoms with Gasteiger partial charge in [0.25, 0.3) is 0 Å². The second-order valence-corrected chi connectivity index (χ2v) is 8.51. The number of halogens is 1.